The maximum atomic E-state index is 4.26. The third-order valence-corrected chi connectivity index (χ3v) is 5.26. The SMILES string of the molecule is CN1CCC[C@H]1CN1C=CC2=CC=C(c3cccnc3)CC21. The van der Waals surface area contributed by atoms with E-state index in [1.54, 1.807) is 0 Å². The Morgan fingerprint density at radius 2 is 2.27 bits per heavy atom. The molecule has 0 radical (unpaired) electrons. The highest BCUT2D eigenvalue weighted by Crippen LogP contribution is 2.34. The van der Waals surface area contributed by atoms with E-state index in [9.17, 15) is 0 Å². The van der Waals surface area contributed by atoms with Crippen molar-refractivity contribution in [3.63, 3.8) is 0 Å². The number of fused-ring (bicyclic) bond motifs is 1. The van der Waals surface area contributed by atoms with E-state index in [-0.39, 0.29) is 0 Å². The van der Waals surface area contributed by atoms with Gasteiger partial charge in [-0.3, -0.25) is 4.98 Å². The Morgan fingerprint density at radius 1 is 1.32 bits per heavy atom. The first kappa shape index (κ1) is 13.8. The fourth-order valence-electron chi connectivity index (χ4n) is 3.87. The molecule has 1 aliphatic carbocycles. The van der Waals surface area contributed by atoms with Crippen LogP contribution in [0.2, 0.25) is 0 Å². The second kappa shape index (κ2) is 5.73. The lowest BCUT2D eigenvalue weighted by molar-refractivity contribution is 0.220. The molecule has 1 saturated heterocycles. The molecule has 114 valence electrons. The zero-order valence-electron chi connectivity index (χ0n) is 13.2. The smallest absolute Gasteiger partial charge is 0.0578 e. The van der Waals surface area contributed by atoms with E-state index in [2.05, 4.69) is 52.3 Å². The van der Waals surface area contributed by atoms with Crippen molar-refractivity contribution in [2.75, 3.05) is 20.1 Å². The molecule has 1 fully saturated rings. The highest BCUT2D eigenvalue weighted by molar-refractivity contribution is 5.70. The number of rotatable bonds is 3. The average Bonchev–Trinajstić information content (AvgIpc) is 3.15. The van der Waals surface area contributed by atoms with Gasteiger partial charge in [0.2, 0.25) is 0 Å². The molecular weight excluding hydrogens is 270 g/mol. The third-order valence-electron chi connectivity index (χ3n) is 5.26. The summed E-state index contributed by atoms with van der Waals surface area (Å²) in [6.45, 7) is 2.39. The van der Waals surface area contributed by atoms with Gasteiger partial charge in [0.25, 0.3) is 0 Å². The van der Waals surface area contributed by atoms with Gasteiger partial charge in [-0.2, -0.15) is 0 Å². The molecule has 1 aromatic rings. The van der Waals surface area contributed by atoms with Crippen LogP contribution in [0, 0.1) is 0 Å². The quantitative estimate of drug-likeness (QED) is 0.854. The lowest BCUT2D eigenvalue weighted by Gasteiger charge is -2.33. The van der Waals surface area contributed by atoms with Crippen molar-refractivity contribution < 1.29 is 0 Å². The molecule has 0 aromatic carbocycles. The maximum absolute atomic E-state index is 4.26. The number of pyridine rings is 1. The van der Waals surface area contributed by atoms with E-state index in [0.717, 1.165) is 13.0 Å². The summed E-state index contributed by atoms with van der Waals surface area (Å²) >= 11 is 0. The number of likely N-dealkylation sites (tertiary alicyclic amines) is 1. The van der Waals surface area contributed by atoms with Crippen LogP contribution in [0.3, 0.4) is 0 Å². The van der Waals surface area contributed by atoms with Gasteiger partial charge in [0.15, 0.2) is 0 Å². The van der Waals surface area contributed by atoms with Crippen LogP contribution in [0.1, 0.15) is 24.8 Å². The number of nitrogens with zero attached hydrogens (tertiary/aromatic N) is 3. The molecule has 2 atom stereocenters. The van der Waals surface area contributed by atoms with Crippen molar-refractivity contribution in [1.82, 2.24) is 14.8 Å². The summed E-state index contributed by atoms with van der Waals surface area (Å²) in [5.74, 6) is 0. The van der Waals surface area contributed by atoms with Gasteiger partial charge in [-0.05, 0) is 61.7 Å². The summed E-state index contributed by atoms with van der Waals surface area (Å²) in [6.07, 6.45) is 16.7. The maximum Gasteiger partial charge on any atom is 0.0578 e. The van der Waals surface area contributed by atoms with Crippen LogP contribution in [0.15, 0.2) is 54.5 Å². The molecule has 0 bridgehead atoms. The fourth-order valence-corrected chi connectivity index (χ4v) is 3.87. The van der Waals surface area contributed by atoms with Crippen molar-refractivity contribution >= 4 is 5.57 Å². The topological polar surface area (TPSA) is 19.4 Å². The summed E-state index contributed by atoms with van der Waals surface area (Å²) in [7, 11) is 2.26. The summed E-state index contributed by atoms with van der Waals surface area (Å²) in [4.78, 5) is 9.31. The van der Waals surface area contributed by atoms with Crippen LogP contribution in [0.25, 0.3) is 5.57 Å². The molecule has 3 heteroatoms. The molecule has 1 aromatic heterocycles. The summed E-state index contributed by atoms with van der Waals surface area (Å²) in [5, 5.41) is 0. The Hall–Kier alpha value is -1.87. The number of aromatic nitrogens is 1. The molecular formula is C19H23N3. The number of hydrogen-bond donors (Lipinski definition) is 0. The Balaban J connectivity index is 1.50. The van der Waals surface area contributed by atoms with Crippen molar-refractivity contribution in [2.24, 2.45) is 0 Å². The minimum atomic E-state index is 0.509. The van der Waals surface area contributed by atoms with Crippen LogP contribution < -0.4 is 0 Å². The monoisotopic (exact) mass is 293 g/mol. The zero-order valence-corrected chi connectivity index (χ0v) is 13.2. The molecule has 3 aliphatic rings. The van der Waals surface area contributed by atoms with Gasteiger partial charge in [-0.15, -0.1) is 0 Å². The molecule has 3 heterocycles. The van der Waals surface area contributed by atoms with Gasteiger partial charge in [0, 0.05) is 31.2 Å². The first-order chi connectivity index (χ1) is 10.8. The molecule has 2 aliphatic heterocycles. The van der Waals surface area contributed by atoms with E-state index >= 15 is 0 Å². The van der Waals surface area contributed by atoms with Crippen LogP contribution in [0.4, 0.5) is 0 Å². The predicted octanol–water partition coefficient (Wildman–Crippen LogP) is 3.09. The highest BCUT2D eigenvalue weighted by Gasteiger charge is 2.31. The number of allylic oxidation sites excluding steroid dienone is 2. The number of hydrogen-bond acceptors (Lipinski definition) is 3. The van der Waals surface area contributed by atoms with Crippen molar-refractivity contribution in [3.05, 3.63) is 60.1 Å². The van der Waals surface area contributed by atoms with Crippen molar-refractivity contribution in [1.29, 1.82) is 0 Å². The highest BCUT2D eigenvalue weighted by atomic mass is 15.2. The van der Waals surface area contributed by atoms with Gasteiger partial charge in [-0.25, -0.2) is 0 Å². The van der Waals surface area contributed by atoms with E-state index in [4.69, 9.17) is 0 Å². The van der Waals surface area contributed by atoms with Crippen molar-refractivity contribution in [3.8, 4) is 0 Å². The standard InChI is InChI=1S/C19H23N3/c1-21-10-3-5-18(21)14-22-11-8-15-6-7-16(12-19(15)22)17-4-2-9-20-13-17/h2,4,6-9,11,13,18-19H,3,5,10,12,14H2,1H3/t18-,19?/m0/s1. The first-order valence-electron chi connectivity index (χ1n) is 8.26. The third kappa shape index (κ3) is 2.50. The molecule has 4 rings (SSSR count). The fraction of sp³-hybridized carbons (Fsp3) is 0.421. The molecule has 0 saturated carbocycles. The van der Waals surface area contributed by atoms with E-state index < -0.39 is 0 Å². The lowest BCUT2D eigenvalue weighted by atomic mass is 9.90. The van der Waals surface area contributed by atoms with Gasteiger partial charge in [0.1, 0.15) is 0 Å². The van der Waals surface area contributed by atoms with Crippen LogP contribution in [-0.4, -0.2) is 47.0 Å². The molecule has 0 N–H and O–H groups in total. The molecule has 3 nitrogen and oxygen atoms in total. The van der Waals surface area contributed by atoms with Gasteiger partial charge in [0.05, 0.1) is 6.04 Å². The predicted molar refractivity (Wildman–Crippen MR) is 90.2 cm³/mol. The Bertz CT molecular complexity index is 629. The first-order valence-corrected chi connectivity index (χ1v) is 8.26. The van der Waals surface area contributed by atoms with Gasteiger partial charge in [-0.1, -0.05) is 18.2 Å². The minimum absolute atomic E-state index is 0.509. The van der Waals surface area contributed by atoms with E-state index in [1.807, 2.05) is 18.5 Å². The second-order valence-electron chi connectivity index (χ2n) is 6.61. The van der Waals surface area contributed by atoms with E-state index in [1.165, 1.54) is 36.1 Å². The number of likely N-dealkylation sites (N-methyl/N-ethyl adjacent to an activating group) is 1. The lowest BCUT2D eigenvalue weighted by Crippen LogP contribution is -2.40. The summed E-state index contributed by atoms with van der Waals surface area (Å²) in [5.41, 5.74) is 4.10. The molecule has 1 unspecified atom stereocenters. The van der Waals surface area contributed by atoms with Crippen LogP contribution >= 0.6 is 0 Å². The molecule has 0 spiro atoms. The van der Waals surface area contributed by atoms with E-state index in [0.29, 0.717) is 12.1 Å². The van der Waals surface area contributed by atoms with Crippen LogP contribution in [0.5, 0.6) is 0 Å². The Kier molecular flexibility index (Phi) is 3.59. The van der Waals surface area contributed by atoms with Gasteiger partial charge >= 0.3 is 0 Å². The van der Waals surface area contributed by atoms with Crippen LogP contribution in [-0.2, 0) is 0 Å². The molecule has 0 amide bonds. The van der Waals surface area contributed by atoms with Gasteiger partial charge < -0.3 is 9.80 Å². The Morgan fingerprint density at radius 3 is 3.05 bits per heavy atom. The summed E-state index contributed by atoms with van der Waals surface area (Å²) in [6, 6.07) is 5.40. The largest absolute Gasteiger partial charge is 0.368 e. The normalized spacial score (nSPS) is 27.8. The van der Waals surface area contributed by atoms with Crippen molar-refractivity contribution in [2.45, 2.75) is 31.3 Å². The average molecular weight is 293 g/mol. The second-order valence-corrected chi connectivity index (χ2v) is 6.61. The summed E-state index contributed by atoms with van der Waals surface area (Å²) < 4.78 is 0. The minimum Gasteiger partial charge on any atom is -0.368 e. The molecule has 22 heavy (non-hydrogen) atoms. The Labute approximate surface area is 132 Å². The zero-order chi connectivity index (χ0) is 14.9.